The summed E-state index contributed by atoms with van der Waals surface area (Å²) < 4.78 is 8.12. The average molecular weight is 417 g/mol. The van der Waals surface area contributed by atoms with Crippen molar-refractivity contribution in [1.29, 1.82) is 0 Å². The standard InChI is InChI=1S/C26H28N2OS/c1-5-15-28-25-23(27-26(28)20-13-11-19(12-14-20)18(2)3)16-22(17-24(25)29-4)30-21-9-7-6-8-10-21/h6-14,16-18H,5,15H2,1-4H3. The fourth-order valence-corrected chi connectivity index (χ4v) is 4.63. The first kappa shape index (κ1) is 20.5. The molecule has 154 valence electrons. The van der Waals surface area contributed by atoms with Crippen molar-refractivity contribution in [3.63, 3.8) is 0 Å². The van der Waals surface area contributed by atoms with Crippen molar-refractivity contribution in [1.82, 2.24) is 9.55 Å². The van der Waals surface area contributed by atoms with Gasteiger partial charge in [0.1, 0.15) is 17.1 Å². The molecule has 0 radical (unpaired) electrons. The summed E-state index contributed by atoms with van der Waals surface area (Å²) in [6.45, 7) is 7.54. The summed E-state index contributed by atoms with van der Waals surface area (Å²) in [5, 5.41) is 0. The van der Waals surface area contributed by atoms with Gasteiger partial charge in [0.25, 0.3) is 0 Å². The number of imidazole rings is 1. The lowest BCUT2D eigenvalue weighted by atomic mass is 10.0. The second-order valence-electron chi connectivity index (χ2n) is 7.77. The van der Waals surface area contributed by atoms with Gasteiger partial charge in [0.2, 0.25) is 0 Å². The van der Waals surface area contributed by atoms with Gasteiger partial charge in [0.15, 0.2) is 0 Å². The lowest BCUT2D eigenvalue weighted by Crippen LogP contribution is -2.01. The minimum absolute atomic E-state index is 0.520. The Kier molecular flexibility index (Phi) is 6.14. The molecule has 0 fully saturated rings. The third-order valence-corrected chi connectivity index (χ3v) is 6.24. The minimum atomic E-state index is 0.520. The predicted molar refractivity (Wildman–Crippen MR) is 127 cm³/mol. The Morgan fingerprint density at radius 3 is 2.33 bits per heavy atom. The zero-order valence-electron chi connectivity index (χ0n) is 18.1. The molecule has 30 heavy (non-hydrogen) atoms. The van der Waals surface area contributed by atoms with E-state index in [-0.39, 0.29) is 0 Å². The highest BCUT2D eigenvalue weighted by Crippen LogP contribution is 2.37. The van der Waals surface area contributed by atoms with Gasteiger partial charge in [0.05, 0.1) is 12.6 Å². The molecule has 1 heterocycles. The topological polar surface area (TPSA) is 27.1 Å². The van der Waals surface area contributed by atoms with E-state index in [0.717, 1.165) is 46.0 Å². The number of aryl methyl sites for hydroxylation is 1. The van der Waals surface area contributed by atoms with Crippen LogP contribution in [-0.2, 0) is 6.54 Å². The number of hydrogen-bond donors (Lipinski definition) is 0. The van der Waals surface area contributed by atoms with Crippen molar-refractivity contribution < 1.29 is 4.74 Å². The average Bonchev–Trinajstić information content (AvgIpc) is 3.12. The van der Waals surface area contributed by atoms with E-state index in [1.54, 1.807) is 18.9 Å². The summed E-state index contributed by atoms with van der Waals surface area (Å²) in [6, 6.07) is 23.5. The fraction of sp³-hybridized carbons (Fsp3) is 0.269. The van der Waals surface area contributed by atoms with Gasteiger partial charge < -0.3 is 9.30 Å². The maximum absolute atomic E-state index is 5.82. The maximum Gasteiger partial charge on any atom is 0.145 e. The van der Waals surface area contributed by atoms with E-state index in [9.17, 15) is 0 Å². The molecule has 1 aromatic heterocycles. The van der Waals surface area contributed by atoms with Crippen LogP contribution in [0.1, 0.15) is 38.7 Å². The Hall–Kier alpha value is -2.72. The predicted octanol–water partition coefficient (Wildman–Crippen LogP) is 7.40. The number of nitrogens with zero attached hydrogens (tertiary/aromatic N) is 2. The SMILES string of the molecule is CCCn1c(-c2ccc(C(C)C)cc2)nc2cc(Sc3ccccc3)cc(OC)c21. The zero-order valence-corrected chi connectivity index (χ0v) is 18.9. The van der Waals surface area contributed by atoms with Crippen LogP contribution in [0.4, 0.5) is 0 Å². The van der Waals surface area contributed by atoms with Crippen LogP contribution >= 0.6 is 11.8 Å². The summed E-state index contributed by atoms with van der Waals surface area (Å²) in [4.78, 5) is 7.39. The van der Waals surface area contributed by atoms with Gasteiger partial charge in [-0.2, -0.15) is 0 Å². The molecular weight excluding hydrogens is 388 g/mol. The van der Waals surface area contributed by atoms with Crippen molar-refractivity contribution in [3.8, 4) is 17.1 Å². The van der Waals surface area contributed by atoms with E-state index in [2.05, 4.69) is 86.0 Å². The Morgan fingerprint density at radius 2 is 1.70 bits per heavy atom. The molecule has 3 aromatic carbocycles. The van der Waals surface area contributed by atoms with Crippen LogP contribution in [0.2, 0.25) is 0 Å². The number of aromatic nitrogens is 2. The molecule has 0 unspecified atom stereocenters. The largest absolute Gasteiger partial charge is 0.494 e. The van der Waals surface area contributed by atoms with Crippen LogP contribution in [0.15, 0.2) is 76.5 Å². The van der Waals surface area contributed by atoms with Gasteiger partial charge in [0, 0.05) is 21.9 Å². The zero-order chi connectivity index (χ0) is 21.1. The quantitative estimate of drug-likeness (QED) is 0.314. The van der Waals surface area contributed by atoms with Crippen molar-refractivity contribution in [2.75, 3.05) is 7.11 Å². The lowest BCUT2D eigenvalue weighted by Gasteiger charge is -2.12. The lowest BCUT2D eigenvalue weighted by molar-refractivity contribution is 0.416. The summed E-state index contributed by atoms with van der Waals surface area (Å²) in [5.74, 6) is 2.39. The van der Waals surface area contributed by atoms with Gasteiger partial charge in [-0.1, -0.05) is 75.0 Å². The van der Waals surface area contributed by atoms with Crippen molar-refractivity contribution in [3.05, 3.63) is 72.3 Å². The smallest absolute Gasteiger partial charge is 0.145 e. The summed E-state index contributed by atoms with van der Waals surface area (Å²) >= 11 is 1.73. The van der Waals surface area contributed by atoms with Gasteiger partial charge >= 0.3 is 0 Å². The van der Waals surface area contributed by atoms with Crippen LogP contribution in [0.25, 0.3) is 22.4 Å². The number of ether oxygens (including phenoxy) is 1. The fourth-order valence-electron chi connectivity index (χ4n) is 3.72. The number of benzene rings is 3. The van der Waals surface area contributed by atoms with Gasteiger partial charge in [-0.05, 0) is 42.2 Å². The molecule has 4 aromatic rings. The van der Waals surface area contributed by atoms with Crippen LogP contribution in [0, 0.1) is 0 Å². The number of fused-ring (bicyclic) bond motifs is 1. The summed E-state index contributed by atoms with van der Waals surface area (Å²) in [7, 11) is 1.74. The Bertz CT molecular complexity index is 1130. The highest BCUT2D eigenvalue weighted by Gasteiger charge is 2.18. The third-order valence-electron chi connectivity index (χ3n) is 5.26. The first-order valence-corrected chi connectivity index (χ1v) is 11.3. The van der Waals surface area contributed by atoms with E-state index in [4.69, 9.17) is 9.72 Å². The molecule has 0 aliphatic carbocycles. The summed E-state index contributed by atoms with van der Waals surface area (Å²) in [6.07, 6.45) is 1.03. The molecule has 0 N–H and O–H groups in total. The van der Waals surface area contributed by atoms with E-state index in [0.29, 0.717) is 5.92 Å². The molecule has 0 spiro atoms. The van der Waals surface area contributed by atoms with Crippen molar-refractivity contribution in [2.45, 2.75) is 49.4 Å². The first-order valence-electron chi connectivity index (χ1n) is 10.5. The molecule has 0 saturated heterocycles. The molecule has 4 rings (SSSR count). The van der Waals surface area contributed by atoms with Gasteiger partial charge in [-0.15, -0.1) is 0 Å². The van der Waals surface area contributed by atoms with E-state index in [1.165, 1.54) is 10.5 Å². The van der Waals surface area contributed by atoms with E-state index in [1.807, 2.05) is 6.07 Å². The van der Waals surface area contributed by atoms with Crippen LogP contribution in [0.5, 0.6) is 5.75 Å². The van der Waals surface area contributed by atoms with Crippen LogP contribution in [0.3, 0.4) is 0 Å². The highest BCUT2D eigenvalue weighted by atomic mass is 32.2. The molecule has 0 aliphatic rings. The van der Waals surface area contributed by atoms with E-state index < -0.39 is 0 Å². The van der Waals surface area contributed by atoms with Crippen LogP contribution < -0.4 is 4.74 Å². The molecule has 0 amide bonds. The van der Waals surface area contributed by atoms with Crippen molar-refractivity contribution in [2.24, 2.45) is 0 Å². The number of rotatable bonds is 7. The Morgan fingerprint density at radius 1 is 0.967 bits per heavy atom. The molecule has 0 atom stereocenters. The summed E-state index contributed by atoms with van der Waals surface area (Å²) in [5.41, 5.74) is 4.53. The number of hydrogen-bond acceptors (Lipinski definition) is 3. The maximum atomic E-state index is 5.82. The third kappa shape index (κ3) is 4.10. The molecule has 0 bridgehead atoms. The molecule has 0 aliphatic heterocycles. The second-order valence-corrected chi connectivity index (χ2v) is 8.92. The van der Waals surface area contributed by atoms with Gasteiger partial charge in [-0.25, -0.2) is 4.98 Å². The molecular formula is C26H28N2OS. The molecule has 4 heteroatoms. The second kappa shape index (κ2) is 8.97. The highest BCUT2D eigenvalue weighted by molar-refractivity contribution is 7.99. The number of methoxy groups -OCH3 is 1. The van der Waals surface area contributed by atoms with Crippen LogP contribution in [-0.4, -0.2) is 16.7 Å². The first-order chi connectivity index (χ1) is 14.6. The normalized spacial score (nSPS) is 11.4. The Balaban J connectivity index is 1.83. The van der Waals surface area contributed by atoms with Crippen molar-refractivity contribution >= 4 is 22.8 Å². The monoisotopic (exact) mass is 416 g/mol. The van der Waals surface area contributed by atoms with E-state index >= 15 is 0 Å². The Labute approximate surface area is 183 Å². The minimum Gasteiger partial charge on any atom is -0.494 e. The van der Waals surface area contributed by atoms with Gasteiger partial charge in [-0.3, -0.25) is 0 Å². The molecule has 3 nitrogen and oxygen atoms in total. The molecule has 0 saturated carbocycles.